The molecular formula is C16H27N3O2. The van der Waals surface area contributed by atoms with E-state index in [-0.39, 0.29) is 23.7 Å². The largest absolute Gasteiger partial charge is 0.409 e. The van der Waals surface area contributed by atoms with Crippen molar-refractivity contribution >= 4 is 11.7 Å². The van der Waals surface area contributed by atoms with Crippen LogP contribution >= 0.6 is 0 Å². The summed E-state index contributed by atoms with van der Waals surface area (Å²) in [6.45, 7) is 0. The third kappa shape index (κ3) is 3.33. The van der Waals surface area contributed by atoms with Crippen LogP contribution in [-0.2, 0) is 4.79 Å². The van der Waals surface area contributed by atoms with E-state index in [2.05, 4.69) is 10.5 Å². The van der Waals surface area contributed by atoms with Gasteiger partial charge >= 0.3 is 0 Å². The number of carbonyl (C=O) groups excluding carboxylic acids is 1. The molecule has 3 aliphatic carbocycles. The van der Waals surface area contributed by atoms with E-state index < -0.39 is 0 Å². The molecule has 4 unspecified atom stereocenters. The van der Waals surface area contributed by atoms with Gasteiger partial charge in [0, 0.05) is 5.92 Å². The van der Waals surface area contributed by atoms with Gasteiger partial charge < -0.3 is 16.3 Å². The zero-order chi connectivity index (χ0) is 14.8. The molecule has 0 bridgehead atoms. The standard InChI is InChI=1S/C16H27N3O2/c17-15(19-21)14(11-6-7-11)18-16(20)13-8-5-10-3-1-2-4-12(10)9-13/h10-14,21H,1-9H2,(H2,17,19)(H,18,20). The average molecular weight is 293 g/mol. The number of amides is 1. The minimum absolute atomic E-state index is 0.113. The minimum Gasteiger partial charge on any atom is -0.409 e. The summed E-state index contributed by atoms with van der Waals surface area (Å²) in [6, 6.07) is -0.272. The molecule has 5 heteroatoms. The lowest BCUT2D eigenvalue weighted by molar-refractivity contribution is -0.127. The van der Waals surface area contributed by atoms with Crippen molar-refractivity contribution in [2.75, 3.05) is 0 Å². The van der Waals surface area contributed by atoms with Gasteiger partial charge in [0.2, 0.25) is 5.91 Å². The third-order valence-electron chi connectivity index (χ3n) is 5.74. The van der Waals surface area contributed by atoms with E-state index in [4.69, 9.17) is 10.9 Å². The molecule has 0 aromatic rings. The van der Waals surface area contributed by atoms with Gasteiger partial charge in [0.15, 0.2) is 5.84 Å². The van der Waals surface area contributed by atoms with E-state index in [9.17, 15) is 4.79 Å². The number of rotatable bonds is 4. The van der Waals surface area contributed by atoms with Crippen LogP contribution in [0, 0.1) is 23.7 Å². The van der Waals surface area contributed by atoms with Gasteiger partial charge in [-0.3, -0.25) is 4.79 Å². The van der Waals surface area contributed by atoms with Crippen molar-refractivity contribution in [2.24, 2.45) is 34.6 Å². The molecule has 3 saturated carbocycles. The summed E-state index contributed by atoms with van der Waals surface area (Å²) in [5.74, 6) is 2.34. The smallest absolute Gasteiger partial charge is 0.223 e. The molecule has 1 amide bonds. The minimum atomic E-state index is -0.272. The second kappa shape index (κ2) is 6.24. The van der Waals surface area contributed by atoms with Crippen LogP contribution in [0.15, 0.2) is 5.16 Å². The van der Waals surface area contributed by atoms with Gasteiger partial charge in [-0.1, -0.05) is 30.8 Å². The van der Waals surface area contributed by atoms with E-state index in [0.29, 0.717) is 5.92 Å². The van der Waals surface area contributed by atoms with Crippen molar-refractivity contribution in [1.82, 2.24) is 5.32 Å². The lowest BCUT2D eigenvalue weighted by Crippen LogP contribution is -2.49. The fourth-order valence-electron chi connectivity index (χ4n) is 4.31. The molecule has 0 aliphatic heterocycles. The molecule has 118 valence electrons. The van der Waals surface area contributed by atoms with Crippen LogP contribution < -0.4 is 11.1 Å². The summed E-state index contributed by atoms with van der Waals surface area (Å²) in [5.41, 5.74) is 5.73. The van der Waals surface area contributed by atoms with Crippen molar-refractivity contribution in [2.45, 2.75) is 63.8 Å². The number of oxime groups is 1. The van der Waals surface area contributed by atoms with Crippen LogP contribution in [0.4, 0.5) is 0 Å². The number of hydrogen-bond donors (Lipinski definition) is 3. The normalized spacial score (nSPS) is 34.9. The van der Waals surface area contributed by atoms with Crippen molar-refractivity contribution < 1.29 is 10.0 Å². The second-order valence-electron chi connectivity index (χ2n) is 7.16. The zero-order valence-corrected chi connectivity index (χ0v) is 12.6. The van der Waals surface area contributed by atoms with Gasteiger partial charge in [0.25, 0.3) is 0 Å². The number of amidine groups is 1. The highest BCUT2D eigenvalue weighted by Crippen LogP contribution is 2.43. The van der Waals surface area contributed by atoms with Crippen LogP contribution in [0.25, 0.3) is 0 Å². The predicted octanol–water partition coefficient (Wildman–Crippen LogP) is 2.23. The Morgan fingerprint density at radius 3 is 2.48 bits per heavy atom. The van der Waals surface area contributed by atoms with Crippen LogP contribution in [0.1, 0.15) is 57.8 Å². The number of nitrogens with zero attached hydrogens (tertiary/aromatic N) is 1. The Bertz CT molecular complexity index is 420. The summed E-state index contributed by atoms with van der Waals surface area (Å²) in [6.07, 6.45) is 10.7. The number of nitrogens with two attached hydrogens (primary N) is 1. The molecule has 5 nitrogen and oxygen atoms in total. The Morgan fingerprint density at radius 2 is 1.81 bits per heavy atom. The molecule has 0 heterocycles. The van der Waals surface area contributed by atoms with Crippen molar-refractivity contribution in [3.8, 4) is 0 Å². The van der Waals surface area contributed by atoms with Crippen LogP contribution in [-0.4, -0.2) is 23.0 Å². The maximum Gasteiger partial charge on any atom is 0.223 e. The van der Waals surface area contributed by atoms with Gasteiger partial charge in [-0.25, -0.2) is 0 Å². The Balaban J connectivity index is 1.57. The summed E-state index contributed by atoms with van der Waals surface area (Å²) < 4.78 is 0. The molecule has 0 aromatic carbocycles. The molecule has 3 aliphatic rings. The molecule has 21 heavy (non-hydrogen) atoms. The summed E-state index contributed by atoms with van der Waals surface area (Å²) in [4.78, 5) is 12.5. The molecule has 3 fully saturated rings. The maximum atomic E-state index is 12.5. The SMILES string of the molecule is NC(=NO)C(NC(=O)C1CCC2CCCCC2C1)C1CC1. The first kappa shape index (κ1) is 14.7. The summed E-state index contributed by atoms with van der Waals surface area (Å²) in [5, 5.41) is 15.0. The number of fused-ring (bicyclic) bond motifs is 1. The highest BCUT2D eigenvalue weighted by Gasteiger charge is 2.39. The monoisotopic (exact) mass is 293 g/mol. The van der Waals surface area contributed by atoms with Crippen LogP contribution in [0.5, 0.6) is 0 Å². The van der Waals surface area contributed by atoms with Crippen LogP contribution in [0.3, 0.4) is 0 Å². The zero-order valence-electron chi connectivity index (χ0n) is 12.6. The Kier molecular flexibility index (Phi) is 4.36. The maximum absolute atomic E-state index is 12.5. The Morgan fingerprint density at radius 1 is 1.10 bits per heavy atom. The Labute approximate surface area is 126 Å². The van der Waals surface area contributed by atoms with Crippen LogP contribution in [0.2, 0.25) is 0 Å². The first-order valence-corrected chi connectivity index (χ1v) is 8.47. The lowest BCUT2D eigenvalue weighted by atomic mass is 9.67. The van der Waals surface area contributed by atoms with E-state index in [0.717, 1.165) is 37.5 Å². The predicted molar refractivity (Wildman–Crippen MR) is 80.9 cm³/mol. The summed E-state index contributed by atoms with van der Waals surface area (Å²) >= 11 is 0. The molecule has 0 spiro atoms. The molecule has 4 N–H and O–H groups in total. The van der Waals surface area contributed by atoms with Gasteiger partial charge in [0.05, 0.1) is 6.04 Å². The highest BCUT2D eigenvalue weighted by atomic mass is 16.4. The summed E-state index contributed by atoms with van der Waals surface area (Å²) in [7, 11) is 0. The fraction of sp³-hybridized carbons (Fsp3) is 0.875. The Hall–Kier alpha value is -1.26. The van der Waals surface area contributed by atoms with Gasteiger partial charge in [-0.2, -0.15) is 0 Å². The van der Waals surface area contributed by atoms with Crippen molar-refractivity contribution in [3.05, 3.63) is 0 Å². The van der Waals surface area contributed by atoms with E-state index >= 15 is 0 Å². The van der Waals surface area contributed by atoms with Gasteiger partial charge in [-0.05, 0) is 49.9 Å². The molecular weight excluding hydrogens is 266 g/mol. The fourth-order valence-corrected chi connectivity index (χ4v) is 4.31. The second-order valence-corrected chi connectivity index (χ2v) is 7.16. The quantitative estimate of drug-likeness (QED) is 0.321. The lowest BCUT2D eigenvalue weighted by Gasteiger charge is -2.39. The number of hydrogen-bond acceptors (Lipinski definition) is 3. The first-order valence-electron chi connectivity index (χ1n) is 8.47. The van der Waals surface area contributed by atoms with Gasteiger partial charge in [-0.15, -0.1) is 0 Å². The average Bonchev–Trinajstić information content (AvgIpc) is 3.35. The van der Waals surface area contributed by atoms with Gasteiger partial charge in [0.1, 0.15) is 0 Å². The molecule has 3 rings (SSSR count). The van der Waals surface area contributed by atoms with E-state index in [1.807, 2.05) is 0 Å². The third-order valence-corrected chi connectivity index (χ3v) is 5.74. The van der Waals surface area contributed by atoms with E-state index in [1.54, 1.807) is 0 Å². The molecule has 4 atom stereocenters. The van der Waals surface area contributed by atoms with Crippen molar-refractivity contribution in [3.63, 3.8) is 0 Å². The number of carbonyl (C=O) groups is 1. The molecule has 0 aromatic heterocycles. The number of nitrogens with one attached hydrogen (secondary N) is 1. The molecule has 0 saturated heterocycles. The highest BCUT2D eigenvalue weighted by molar-refractivity contribution is 5.91. The van der Waals surface area contributed by atoms with Crippen molar-refractivity contribution in [1.29, 1.82) is 0 Å². The molecule has 0 radical (unpaired) electrons. The first-order chi connectivity index (χ1) is 10.2. The van der Waals surface area contributed by atoms with E-state index in [1.165, 1.54) is 32.1 Å². The topological polar surface area (TPSA) is 87.7 Å².